The molecule has 2 N–H and O–H groups in total. The van der Waals surface area contributed by atoms with Gasteiger partial charge in [0.1, 0.15) is 11.9 Å². The summed E-state index contributed by atoms with van der Waals surface area (Å²) in [6.07, 6.45) is 0.494. The normalized spacial score (nSPS) is 19.6. The van der Waals surface area contributed by atoms with Gasteiger partial charge in [-0.25, -0.2) is 0 Å². The molecule has 0 radical (unpaired) electrons. The Morgan fingerprint density at radius 1 is 0.963 bits per heavy atom. The third kappa shape index (κ3) is 4.08. The average Bonchev–Trinajstić information content (AvgIpc) is 2.69. The fraction of sp³-hybridized carbons (Fsp3) is 0.136. The molecule has 1 aliphatic rings. The zero-order chi connectivity index (χ0) is 18.8. The second kappa shape index (κ2) is 7.85. The van der Waals surface area contributed by atoms with Crippen LogP contribution in [0.15, 0.2) is 82.3 Å². The molecule has 0 amide bonds. The molecule has 0 saturated carbocycles. The van der Waals surface area contributed by atoms with E-state index in [2.05, 4.69) is 33.4 Å². The number of aliphatic imine (C=N–C) groups is 1. The number of hydrogen-bond acceptors (Lipinski definition) is 3. The Kier molecular flexibility index (Phi) is 5.30. The van der Waals surface area contributed by atoms with Gasteiger partial charge in [0.15, 0.2) is 0 Å². The molecule has 3 nitrogen and oxygen atoms in total. The van der Waals surface area contributed by atoms with Crippen LogP contribution in [0.2, 0.25) is 5.02 Å². The Hall–Kier alpha value is -2.14. The predicted octanol–water partition coefficient (Wildman–Crippen LogP) is 6.03. The molecule has 5 heteroatoms. The Morgan fingerprint density at radius 2 is 1.67 bits per heavy atom. The van der Waals surface area contributed by atoms with Crippen LogP contribution < -0.4 is 5.32 Å². The number of phenolic OH excluding ortho intramolecular Hbond substituents is 1. The quantitative estimate of drug-likeness (QED) is 0.521. The minimum absolute atomic E-state index is 0.0389. The lowest BCUT2D eigenvalue weighted by Gasteiger charge is -2.31. The summed E-state index contributed by atoms with van der Waals surface area (Å²) >= 11 is 9.53. The van der Waals surface area contributed by atoms with Crippen molar-refractivity contribution in [3.8, 4) is 5.75 Å². The first-order valence-corrected chi connectivity index (χ1v) is 9.89. The minimum atomic E-state index is -0.192. The molecule has 2 atom stereocenters. The summed E-state index contributed by atoms with van der Waals surface area (Å²) in [5.74, 6) is 0.293. The first kappa shape index (κ1) is 18.2. The van der Waals surface area contributed by atoms with Crippen molar-refractivity contribution in [1.29, 1.82) is 0 Å². The fourth-order valence-corrected chi connectivity index (χ4v) is 3.71. The molecule has 1 heterocycles. The number of benzene rings is 3. The monoisotopic (exact) mass is 440 g/mol. The topological polar surface area (TPSA) is 44.6 Å². The number of nitrogens with zero attached hydrogens (tertiary/aromatic N) is 1. The van der Waals surface area contributed by atoms with Gasteiger partial charge in [-0.1, -0.05) is 70.0 Å². The predicted molar refractivity (Wildman–Crippen MR) is 113 cm³/mol. The molecule has 3 aromatic carbocycles. The van der Waals surface area contributed by atoms with E-state index in [1.165, 1.54) is 0 Å². The summed E-state index contributed by atoms with van der Waals surface area (Å²) in [7, 11) is 0. The first-order valence-electron chi connectivity index (χ1n) is 8.72. The highest BCUT2D eigenvalue weighted by molar-refractivity contribution is 9.10. The summed E-state index contributed by atoms with van der Waals surface area (Å²) in [6, 6.07) is 23.3. The molecule has 1 aliphatic heterocycles. The molecular formula is C22H18BrClN2O. The van der Waals surface area contributed by atoms with Crippen LogP contribution in [0, 0.1) is 0 Å². The first-order chi connectivity index (χ1) is 13.1. The number of halogens is 2. The molecule has 27 heavy (non-hydrogen) atoms. The van der Waals surface area contributed by atoms with Gasteiger partial charge in [-0.3, -0.25) is 10.3 Å². The summed E-state index contributed by atoms with van der Waals surface area (Å²) in [5, 5.41) is 14.6. The van der Waals surface area contributed by atoms with Gasteiger partial charge in [0, 0.05) is 33.2 Å². The molecule has 0 unspecified atom stereocenters. The van der Waals surface area contributed by atoms with Gasteiger partial charge in [0.2, 0.25) is 0 Å². The van der Waals surface area contributed by atoms with Gasteiger partial charge in [-0.2, -0.15) is 0 Å². The van der Waals surface area contributed by atoms with Crippen molar-refractivity contribution < 1.29 is 5.11 Å². The highest BCUT2D eigenvalue weighted by atomic mass is 79.9. The van der Waals surface area contributed by atoms with Gasteiger partial charge in [-0.15, -0.1) is 0 Å². The van der Waals surface area contributed by atoms with E-state index < -0.39 is 0 Å². The second-order valence-corrected chi connectivity index (χ2v) is 7.87. The van der Waals surface area contributed by atoms with E-state index in [4.69, 9.17) is 16.6 Å². The lowest BCUT2D eigenvalue weighted by Crippen LogP contribution is -2.33. The third-order valence-electron chi connectivity index (χ3n) is 4.72. The summed E-state index contributed by atoms with van der Waals surface area (Å²) in [6.45, 7) is 0. The molecule has 0 aromatic heterocycles. The van der Waals surface area contributed by atoms with Crippen molar-refractivity contribution in [3.05, 3.63) is 99.0 Å². The van der Waals surface area contributed by atoms with Gasteiger partial charge in [-0.05, 0) is 41.5 Å². The van der Waals surface area contributed by atoms with Crippen LogP contribution >= 0.6 is 27.5 Å². The van der Waals surface area contributed by atoms with E-state index in [0.29, 0.717) is 17.2 Å². The number of nitrogens with one attached hydrogen (secondary N) is 1. The van der Waals surface area contributed by atoms with E-state index >= 15 is 0 Å². The van der Waals surface area contributed by atoms with Gasteiger partial charge in [0.25, 0.3) is 0 Å². The van der Waals surface area contributed by atoms with E-state index in [9.17, 15) is 5.11 Å². The highest BCUT2D eigenvalue weighted by Gasteiger charge is 2.27. The molecule has 0 aliphatic carbocycles. The van der Waals surface area contributed by atoms with E-state index in [1.54, 1.807) is 6.07 Å². The Morgan fingerprint density at radius 3 is 2.37 bits per heavy atom. The SMILES string of the molecule is Oc1ccccc1[C@@H]1CC(c2ccc(Cl)cc2)=N[C@H](c2ccc(Br)cc2)N1. The summed E-state index contributed by atoms with van der Waals surface area (Å²) in [5.41, 5.74) is 3.99. The van der Waals surface area contributed by atoms with Gasteiger partial charge in [0.05, 0.1) is 0 Å². The molecule has 136 valence electrons. The van der Waals surface area contributed by atoms with E-state index in [-0.39, 0.29) is 12.2 Å². The Balaban J connectivity index is 1.75. The number of phenols is 1. The second-order valence-electron chi connectivity index (χ2n) is 6.52. The lowest BCUT2D eigenvalue weighted by atomic mass is 9.93. The number of hydrogen-bond donors (Lipinski definition) is 2. The zero-order valence-electron chi connectivity index (χ0n) is 14.4. The Labute approximate surface area is 171 Å². The van der Waals surface area contributed by atoms with Crippen LogP contribution in [0.1, 0.15) is 35.3 Å². The molecule has 0 spiro atoms. The fourth-order valence-electron chi connectivity index (χ4n) is 3.32. The molecule has 4 rings (SSSR count). The van der Waals surface area contributed by atoms with Crippen LogP contribution in [0.4, 0.5) is 0 Å². The Bertz CT molecular complexity index is 970. The van der Waals surface area contributed by atoms with E-state index in [0.717, 1.165) is 26.9 Å². The van der Waals surface area contributed by atoms with Crippen LogP contribution in [-0.4, -0.2) is 10.8 Å². The van der Waals surface area contributed by atoms with Crippen molar-refractivity contribution in [2.24, 2.45) is 4.99 Å². The smallest absolute Gasteiger partial charge is 0.126 e. The molecular weight excluding hydrogens is 424 g/mol. The molecule has 0 fully saturated rings. The molecule has 3 aromatic rings. The highest BCUT2D eigenvalue weighted by Crippen LogP contribution is 2.34. The van der Waals surface area contributed by atoms with Crippen molar-refractivity contribution in [2.45, 2.75) is 18.6 Å². The van der Waals surface area contributed by atoms with Crippen molar-refractivity contribution >= 4 is 33.2 Å². The minimum Gasteiger partial charge on any atom is -0.508 e. The maximum absolute atomic E-state index is 10.3. The zero-order valence-corrected chi connectivity index (χ0v) is 16.8. The molecule has 0 saturated heterocycles. The van der Waals surface area contributed by atoms with Crippen molar-refractivity contribution in [2.75, 3.05) is 0 Å². The van der Waals surface area contributed by atoms with Crippen molar-refractivity contribution in [3.63, 3.8) is 0 Å². The van der Waals surface area contributed by atoms with Crippen LogP contribution in [0.5, 0.6) is 5.75 Å². The maximum Gasteiger partial charge on any atom is 0.126 e. The summed E-state index contributed by atoms with van der Waals surface area (Å²) < 4.78 is 1.03. The third-order valence-corrected chi connectivity index (χ3v) is 5.50. The average molecular weight is 442 g/mol. The molecule has 0 bridgehead atoms. The largest absolute Gasteiger partial charge is 0.508 e. The van der Waals surface area contributed by atoms with Gasteiger partial charge < -0.3 is 5.11 Å². The van der Waals surface area contributed by atoms with E-state index in [1.807, 2.05) is 54.6 Å². The van der Waals surface area contributed by atoms with Crippen LogP contribution in [0.25, 0.3) is 0 Å². The summed E-state index contributed by atoms with van der Waals surface area (Å²) in [4.78, 5) is 4.95. The number of aromatic hydroxyl groups is 1. The van der Waals surface area contributed by atoms with Crippen molar-refractivity contribution in [1.82, 2.24) is 5.32 Å². The lowest BCUT2D eigenvalue weighted by molar-refractivity contribution is 0.412. The number of para-hydroxylation sites is 1. The maximum atomic E-state index is 10.3. The standard InChI is InChI=1S/C22H18BrClN2O/c23-16-9-5-15(6-10-16)22-25-19(14-7-11-17(24)12-8-14)13-20(26-22)18-3-1-2-4-21(18)27/h1-12,20,22,26-27H,13H2/t20-,22-/m0/s1. The van der Waals surface area contributed by atoms with Crippen LogP contribution in [-0.2, 0) is 0 Å². The number of rotatable bonds is 3. The van der Waals surface area contributed by atoms with Gasteiger partial charge >= 0.3 is 0 Å². The van der Waals surface area contributed by atoms with Crippen LogP contribution in [0.3, 0.4) is 0 Å².